The van der Waals surface area contributed by atoms with Crippen LogP contribution in [0.15, 0.2) is 24.3 Å². The number of ether oxygens (including phenoxy) is 1. The lowest BCUT2D eigenvalue weighted by molar-refractivity contribution is -0.125. The van der Waals surface area contributed by atoms with Crippen molar-refractivity contribution in [2.45, 2.75) is 31.9 Å². The summed E-state index contributed by atoms with van der Waals surface area (Å²) in [6.45, 7) is 3.61. The van der Waals surface area contributed by atoms with Crippen LogP contribution in [0, 0.1) is 0 Å². The summed E-state index contributed by atoms with van der Waals surface area (Å²) in [4.78, 5) is 14.1. The number of rotatable bonds is 2. The maximum Gasteiger partial charge on any atom is 0.267 e. The number of fused-ring (bicyclic) bond motifs is 1. The first kappa shape index (κ1) is 11.5. The summed E-state index contributed by atoms with van der Waals surface area (Å²) >= 11 is 0. The van der Waals surface area contributed by atoms with Crippen LogP contribution in [0.25, 0.3) is 0 Å². The largest absolute Gasteiger partial charge is 0.479 e. The van der Waals surface area contributed by atoms with Crippen LogP contribution in [-0.4, -0.2) is 31.1 Å². The first-order valence-corrected chi connectivity index (χ1v) is 6.56. The van der Waals surface area contributed by atoms with E-state index in [1.807, 2.05) is 36.1 Å². The highest BCUT2D eigenvalue weighted by atomic mass is 16.5. The molecule has 96 valence electrons. The van der Waals surface area contributed by atoms with E-state index in [2.05, 4.69) is 5.32 Å². The van der Waals surface area contributed by atoms with Gasteiger partial charge in [0.15, 0.2) is 6.10 Å². The summed E-state index contributed by atoms with van der Waals surface area (Å²) in [6.07, 6.45) is 1.95. The zero-order chi connectivity index (χ0) is 12.5. The van der Waals surface area contributed by atoms with Crippen molar-refractivity contribution in [1.29, 1.82) is 0 Å². The van der Waals surface area contributed by atoms with Gasteiger partial charge in [-0.15, -0.1) is 0 Å². The minimum absolute atomic E-state index is 0.0578. The van der Waals surface area contributed by atoms with E-state index in [0.29, 0.717) is 6.04 Å². The topological polar surface area (TPSA) is 41.6 Å². The second-order valence-corrected chi connectivity index (χ2v) is 4.97. The van der Waals surface area contributed by atoms with Crippen LogP contribution in [0.2, 0.25) is 0 Å². The third kappa shape index (κ3) is 1.97. The van der Waals surface area contributed by atoms with E-state index in [1.165, 1.54) is 6.42 Å². The van der Waals surface area contributed by atoms with Gasteiger partial charge in [0, 0.05) is 12.6 Å². The van der Waals surface area contributed by atoms with Crippen molar-refractivity contribution in [2.24, 2.45) is 0 Å². The Balaban J connectivity index is 1.88. The molecule has 0 radical (unpaired) electrons. The molecule has 0 saturated carbocycles. The van der Waals surface area contributed by atoms with Crippen molar-refractivity contribution in [1.82, 2.24) is 5.32 Å². The highest BCUT2D eigenvalue weighted by molar-refractivity contribution is 5.99. The summed E-state index contributed by atoms with van der Waals surface area (Å²) in [6, 6.07) is 8.17. The van der Waals surface area contributed by atoms with Gasteiger partial charge in [0.25, 0.3) is 5.91 Å². The van der Waals surface area contributed by atoms with Gasteiger partial charge in [-0.3, -0.25) is 4.79 Å². The fraction of sp³-hybridized carbons (Fsp3) is 0.500. The molecular formula is C14H18N2O2. The average Bonchev–Trinajstić information content (AvgIpc) is 2.88. The maximum absolute atomic E-state index is 12.2. The zero-order valence-electron chi connectivity index (χ0n) is 10.6. The smallest absolute Gasteiger partial charge is 0.267 e. The molecule has 2 aliphatic rings. The van der Waals surface area contributed by atoms with Crippen molar-refractivity contribution in [2.75, 3.05) is 18.0 Å². The molecule has 1 N–H and O–H groups in total. The van der Waals surface area contributed by atoms with Gasteiger partial charge in [0.1, 0.15) is 5.75 Å². The third-order valence-corrected chi connectivity index (χ3v) is 3.64. The first-order valence-electron chi connectivity index (χ1n) is 6.56. The molecule has 1 aromatic rings. The van der Waals surface area contributed by atoms with E-state index in [0.717, 1.165) is 30.9 Å². The minimum Gasteiger partial charge on any atom is -0.479 e. The minimum atomic E-state index is -0.388. The summed E-state index contributed by atoms with van der Waals surface area (Å²) in [5.74, 6) is 0.866. The number of anilines is 1. The summed E-state index contributed by atoms with van der Waals surface area (Å²) in [7, 11) is 0. The normalized spacial score (nSPS) is 26.9. The molecular weight excluding hydrogens is 228 g/mol. The van der Waals surface area contributed by atoms with Crippen LogP contribution in [-0.2, 0) is 4.79 Å². The fourth-order valence-corrected chi connectivity index (χ4v) is 2.68. The molecule has 2 aliphatic heterocycles. The molecule has 2 unspecified atom stereocenters. The fourth-order valence-electron chi connectivity index (χ4n) is 2.68. The third-order valence-electron chi connectivity index (χ3n) is 3.64. The van der Waals surface area contributed by atoms with Crippen LogP contribution in [0.5, 0.6) is 5.75 Å². The van der Waals surface area contributed by atoms with Crippen molar-refractivity contribution in [3.05, 3.63) is 24.3 Å². The van der Waals surface area contributed by atoms with Crippen molar-refractivity contribution < 1.29 is 9.53 Å². The number of benzene rings is 1. The zero-order valence-corrected chi connectivity index (χ0v) is 10.6. The lowest BCUT2D eigenvalue weighted by atomic mass is 10.1. The molecule has 4 nitrogen and oxygen atoms in total. The molecule has 0 spiro atoms. The van der Waals surface area contributed by atoms with Crippen molar-refractivity contribution in [3.8, 4) is 5.75 Å². The molecule has 4 heteroatoms. The molecule has 0 aromatic heterocycles. The molecule has 0 aliphatic carbocycles. The Kier molecular flexibility index (Phi) is 2.96. The number of nitrogens with one attached hydrogen (secondary N) is 1. The second-order valence-electron chi connectivity index (χ2n) is 4.97. The maximum atomic E-state index is 12.2. The summed E-state index contributed by atoms with van der Waals surface area (Å²) in [5, 5.41) is 3.44. The molecule has 1 saturated heterocycles. The quantitative estimate of drug-likeness (QED) is 0.861. The Morgan fingerprint density at radius 3 is 3.06 bits per heavy atom. The molecule has 0 bridgehead atoms. The highest BCUT2D eigenvalue weighted by Crippen LogP contribution is 2.33. The molecule has 18 heavy (non-hydrogen) atoms. The number of hydrogen-bond acceptors (Lipinski definition) is 3. The van der Waals surface area contributed by atoms with Crippen molar-refractivity contribution >= 4 is 11.6 Å². The van der Waals surface area contributed by atoms with E-state index in [9.17, 15) is 4.79 Å². The van der Waals surface area contributed by atoms with Gasteiger partial charge in [0.2, 0.25) is 0 Å². The van der Waals surface area contributed by atoms with Gasteiger partial charge in [-0.05, 0) is 38.4 Å². The van der Waals surface area contributed by atoms with E-state index in [-0.39, 0.29) is 12.0 Å². The predicted molar refractivity (Wildman–Crippen MR) is 69.9 cm³/mol. The van der Waals surface area contributed by atoms with Gasteiger partial charge < -0.3 is 15.0 Å². The Morgan fingerprint density at radius 1 is 1.44 bits per heavy atom. The Hall–Kier alpha value is -1.55. The van der Waals surface area contributed by atoms with Gasteiger partial charge >= 0.3 is 0 Å². The Bertz CT molecular complexity index is 455. The molecule has 1 aromatic carbocycles. The van der Waals surface area contributed by atoms with Gasteiger partial charge in [0.05, 0.1) is 5.69 Å². The number of amides is 1. The lowest BCUT2D eigenvalue weighted by Gasteiger charge is -2.34. The first-order chi connectivity index (χ1) is 8.75. The van der Waals surface area contributed by atoms with Gasteiger partial charge in [-0.1, -0.05) is 12.1 Å². The van der Waals surface area contributed by atoms with E-state index < -0.39 is 0 Å². The number of carbonyl (C=O) groups is 1. The number of hydrogen-bond donors (Lipinski definition) is 1. The van der Waals surface area contributed by atoms with E-state index in [4.69, 9.17) is 4.74 Å². The summed E-state index contributed by atoms with van der Waals surface area (Å²) in [5.41, 5.74) is 0.898. The van der Waals surface area contributed by atoms with E-state index in [1.54, 1.807) is 0 Å². The van der Waals surface area contributed by atoms with Gasteiger partial charge in [-0.2, -0.15) is 0 Å². The Morgan fingerprint density at radius 2 is 2.28 bits per heavy atom. The number of para-hydroxylation sites is 2. The van der Waals surface area contributed by atoms with Crippen LogP contribution < -0.4 is 15.0 Å². The van der Waals surface area contributed by atoms with Crippen LogP contribution in [0.4, 0.5) is 5.69 Å². The van der Waals surface area contributed by atoms with Crippen LogP contribution in [0.1, 0.15) is 19.8 Å². The number of nitrogens with zero attached hydrogens (tertiary/aromatic N) is 1. The van der Waals surface area contributed by atoms with Crippen molar-refractivity contribution in [3.63, 3.8) is 0 Å². The van der Waals surface area contributed by atoms with Gasteiger partial charge in [-0.25, -0.2) is 0 Å². The monoisotopic (exact) mass is 246 g/mol. The average molecular weight is 246 g/mol. The lowest BCUT2D eigenvalue weighted by Crippen LogP contribution is -2.49. The summed E-state index contributed by atoms with van der Waals surface area (Å²) < 4.78 is 5.63. The van der Waals surface area contributed by atoms with Crippen LogP contribution in [0.3, 0.4) is 0 Å². The highest BCUT2D eigenvalue weighted by Gasteiger charge is 2.33. The van der Waals surface area contributed by atoms with Crippen LogP contribution >= 0.6 is 0 Å². The SMILES string of the molecule is CC1Oc2ccccc2N(CC2CCCN2)C1=O. The van der Waals surface area contributed by atoms with E-state index >= 15 is 0 Å². The number of carbonyl (C=O) groups excluding carboxylic acids is 1. The standard InChI is InChI=1S/C14H18N2O2/c1-10-14(17)16(9-11-5-4-8-15-11)12-6-2-3-7-13(12)18-10/h2-3,6-7,10-11,15H,4-5,8-9H2,1H3. The predicted octanol–water partition coefficient (Wildman–Crippen LogP) is 1.55. The molecule has 2 heterocycles. The molecule has 1 fully saturated rings. The molecule has 3 rings (SSSR count). The molecule has 2 atom stereocenters. The second kappa shape index (κ2) is 4.61. The molecule has 1 amide bonds. The Labute approximate surface area is 107 Å².